The number of hydrogen-bond donors (Lipinski definition) is 1. The summed E-state index contributed by atoms with van der Waals surface area (Å²) in [4.78, 5) is 2.28. The molecule has 1 unspecified atom stereocenters. The van der Waals surface area contributed by atoms with Crippen LogP contribution in [0.1, 0.15) is 20.3 Å². The first kappa shape index (κ1) is 12.3. The molecule has 1 saturated heterocycles. The first-order chi connectivity index (χ1) is 6.52. The lowest BCUT2D eigenvalue weighted by Crippen LogP contribution is -2.47. The van der Waals surface area contributed by atoms with Crippen LogP contribution in [-0.4, -0.2) is 49.1 Å². The fourth-order valence-corrected chi connectivity index (χ4v) is 2.77. The van der Waals surface area contributed by atoms with Crippen LogP contribution in [-0.2, 0) is 0 Å². The third kappa shape index (κ3) is 3.79. The first-order valence-electron chi connectivity index (χ1n) is 5.48. The van der Waals surface area contributed by atoms with Crippen LogP contribution in [0.3, 0.4) is 0 Å². The van der Waals surface area contributed by atoms with Crippen LogP contribution in [0.2, 0.25) is 0 Å². The van der Waals surface area contributed by atoms with Crippen LogP contribution in [0.4, 0.5) is 0 Å². The monoisotopic (exact) mass is 216 g/mol. The van der Waals surface area contributed by atoms with E-state index in [9.17, 15) is 0 Å². The van der Waals surface area contributed by atoms with Gasteiger partial charge in [-0.15, -0.1) is 0 Å². The van der Waals surface area contributed by atoms with Crippen LogP contribution in [0.25, 0.3) is 0 Å². The van der Waals surface area contributed by atoms with Gasteiger partial charge in [0.05, 0.1) is 0 Å². The normalized spacial score (nSPS) is 23.4. The maximum atomic E-state index is 3.59. The maximum Gasteiger partial charge on any atom is 0.0271 e. The Bertz CT molecular complexity index is 163. The third-order valence-corrected chi connectivity index (χ3v) is 4.46. The maximum absolute atomic E-state index is 3.59. The van der Waals surface area contributed by atoms with E-state index in [1.165, 1.54) is 24.5 Å². The highest BCUT2D eigenvalue weighted by atomic mass is 32.2. The van der Waals surface area contributed by atoms with Crippen LogP contribution >= 0.6 is 11.8 Å². The van der Waals surface area contributed by atoms with E-state index in [0.29, 0.717) is 0 Å². The van der Waals surface area contributed by atoms with E-state index in [0.717, 1.165) is 12.5 Å². The van der Waals surface area contributed by atoms with Crippen LogP contribution < -0.4 is 5.32 Å². The van der Waals surface area contributed by atoms with Crippen LogP contribution in [0.15, 0.2) is 0 Å². The van der Waals surface area contributed by atoms with Crippen LogP contribution in [0, 0.1) is 5.92 Å². The molecule has 84 valence electrons. The van der Waals surface area contributed by atoms with Crippen LogP contribution in [0.5, 0.6) is 0 Å². The van der Waals surface area contributed by atoms with Crippen molar-refractivity contribution in [2.45, 2.75) is 25.8 Å². The molecule has 0 saturated carbocycles. The summed E-state index contributed by atoms with van der Waals surface area (Å²) < 4.78 is 0. The lowest BCUT2D eigenvalue weighted by Gasteiger charge is -2.33. The lowest BCUT2D eigenvalue weighted by molar-refractivity contribution is 0.188. The van der Waals surface area contributed by atoms with Crippen molar-refractivity contribution in [2.24, 2.45) is 5.92 Å². The highest BCUT2D eigenvalue weighted by Gasteiger charge is 2.21. The van der Waals surface area contributed by atoms with Gasteiger partial charge in [0.25, 0.3) is 0 Å². The van der Waals surface area contributed by atoms with E-state index in [2.05, 4.69) is 49.9 Å². The summed E-state index contributed by atoms with van der Waals surface area (Å²) in [5, 5.41) is 3.59. The molecule has 14 heavy (non-hydrogen) atoms. The molecule has 1 aliphatic heterocycles. The van der Waals surface area contributed by atoms with E-state index in [-0.39, 0.29) is 5.54 Å². The summed E-state index contributed by atoms with van der Waals surface area (Å²) in [5.74, 6) is 3.64. The van der Waals surface area contributed by atoms with Crippen molar-refractivity contribution < 1.29 is 0 Å². The third-order valence-electron chi connectivity index (χ3n) is 3.23. The summed E-state index contributed by atoms with van der Waals surface area (Å²) in [7, 11) is 4.29. The molecule has 0 aliphatic carbocycles. The van der Waals surface area contributed by atoms with Gasteiger partial charge < -0.3 is 10.2 Å². The van der Waals surface area contributed by atoms with Gasteiger partial charge in [0, 0.05) is 12.1 Å². The zero-order valence-corrected chi connectivity index (χ0v) is 10.8. The summed E-state index contributed by atoms with van der Waals surface area (Å²) in [6.07, 6.45) is 1.40. The number of nitrogens with one attached hydrogen (secondary N) is 1. The quantitative estimate of drug-likeness (QED) is 0.752. The van der Waals surface area contributed by atoms with Gasteiger partial charge in [-0.2, -0.15) is 11.8 Å². The number of likely N-dealkylation sites (N-methyl/N-ethyl adjacent to an activating group) is 1. The van der Waals surface area contributed by atoms with E-state index in [1.54, 1.807) is 0 Å². The van der Waals surface area contributed by atoms with Crippen molar-refractivity contribution >= 4 is 11.8 Å². The molecule has 0 bridgehead atoms. The molecule has 0 radical (unpaired) electrons. The van der Waals surface area contributed by atoms with E-state index in [4.69, 9.17) is 0 Å². The lowest BCUT2D eigenvalue weighted by atomic mass is 10.0. The van der Waals surface area contributed by atoms with Gasteiger partial charge in [-0.1, -0.05) is 0 Å². The van der Waals surface area contributed by atoms with Crippen molar-refractivity contribution in [3.8, 4) is 0 Å². The molecule has 1 heterocycles. The molecule has 2 nitrogen and oxygen atoms in total. The zero-order chi connectivity index (χ0) is 10.6. The first-order valence-corrected chi connectivity index (χ1v) is 6.64. The Labute approximate surface area is 92.8 Å². The van der Waals surface area contributed by atoms with Gasteiger partial charge in [-0.05, 0) is 58.3 Å². The second-order valence-electron chi connectivity index (χ2n) is 5.07. The second-order valence-corrected chi connectivity index (χ2v) is 6.22. The standard InChI is InChI=1S/C11H24N2S/c1-11(2,13(3)4)9-12-7-10-5-6-14-8-10/h10,12H,5-9H2,1-4H3. The SMILES string of the molecule is CN(C)C(C)(C)CNCC1CCSC1. The molecule has 3 heteroatoms. The highest BCUT2D eigenvalue weighted by molar-refractivity contribution is 7.99. The van der Waals surface area contributed by atoms with E-state index < -0.39 is 0 Å². The minimum atomic E-state index is 0.270. The summed E-state index contributed by atoms with van der Waals surface area (Å²) in [5.41, 5.74) is 0.270. The average molecular weight is 216 g/mol. The van der Waals surface area contributed by atoms with Gasteiger partial charge in [-0.3, -0.25) is 0 Å². The minimum Gasteiger partial charge on any atom is -0.315 e. The molecule has 0 aromatic rings. The zero-order valence-electron chi connectivity index (χ0n) is 9.97. The Morgan fingerprint density at radius 3 is 2.64 bits per heavy atom. The number of rotatable bonds is 5. The smallest absolute Gasteiger partial charge is 0.0271 e. The van der Waals surface area contributed by atoms with Gasteiger partial charge in [0.15, 0.2) is 0 Å². The van der Waals surface area contributed by atoms with Crippen molar-refractivity contribution in [1.29, 1.82) is 0 Å². The number of thioether (sulfide) groups is 1. The van der Waals surface area contributed by atoms with E-state index >= 15 is 0 Å². The Hall–Kier alpha value is 0.270. The van der Waals surface area contributed by atoms with Crippen molar-refractivity contribution in [1.82, 2.24) is 10.2 Å². The molecule has 0 aromatic heterocycles. The second kappa shape index (κ2) is 5.38. The number of nitrogens with zero attached hydrogens (tertiary/aromatic N) is 1. The number of hydrogen-bond acceptors (Lipinski definition) is 3. The predicted octanol–water partition coefficient (Wildman–Crippen LogP) is 1.67. The Morgan fingerprint density at radius 2 is 2.14 bits per heavy atom. The molecule has 1 atom stereocenters. The predicted molar refractivity (Wildman–Crippen MR) is 66.1 cm³/mol. The topological polar surface area (TPSA) is 15.3 Å². The molecule has 1 N–H and O–H groups in total. The van der Waals surface area contributed by atoms with Gasteiger partial charge in [0.1, 0.15) is 0 Å². The molecule has 1 fully saturated rings. The fraction of sp³-hybridized carbons (Fsp3) is 1.00. The van der Waals surface area contributed by atoms with Gasteiger partial charge in [0.2, 0.25) is 0 Å². The highest BCUT2D eigenvalue weighted by Crippen LogP contribution is 2.22. The van der Waals surface area contributed by atoms with Gasteiger partial charge in [-0.25, -0.2) is 0 Å². The molecule has 1 rings (SSSR count). The van der Waals surface area contributed by atoms with Crippen molar-refractivity contribution in [2.75, 3.05) is 38.7 Å². The van der Waals surface area contributed by atoms with E-state index in [1.807, 2.05) is 0 Å². The van der Waals surface area contributed by atoms with Crippen molar-refractivity contribution in [3.63, 3.8) is 0 Å². The van der Waals surface area contributed by atoms with Crippen molar-refractivity contribution in [3.05, 3.63) is 0 Å². The Morgan fingerprint density at radius 1 is 1.43 bits per heavy atom. The average Bonchev–Trinajstić information content (AvgIpc) is 2.56. The summed E-state index contributed by atoms with van der Waals surface area (Å²) in [6, 6.07) is 0. The fourth-order valence-electron chi connectivity index (χ4n) is 1.48. The molecule has 0 amide bonds. The van der Waals surface area contributed by atoms with Gasteiger partial charge >= 0.3 is 0 Å². The molecule has 1 aliphatic rings. The summed E-state index contributed by atoms with van der Waals surface area (Å²) in [6.45, 7) is 6.85. The molecular formula is C11H24N2S. The Kier molecular flexibility index (Phi) is 4.74. The molecule has 0 spiro atoms. The molecule has 0 aromatic carbocycles. The molecular weight excluding hydrogens is 192 g/mol. The Balaban J connectivity index is 2.13. The summed E-state index contributed by atoms with van der Waals surface area (Å²) >= 11 is 2.10. The minimum absolute atomic E-state index is 0.270. The largest absolute Gasteiger partial charge is 0.315 e.